The van der Waals surface area contributed by atoms with E-state index in [1.807, 2.05) is 24.3 Å². The van der Waals surface area contributed by atoms with Gasteiger partial charge in [-0.25, -0.2) is 4.79 Å². The monoisotopic (exact) mass is 590 g/mol. The van der Waals surface area contributed by atoms with Gasteiger partial charge in [-0.1, -0.05) is 50.1 Å². The third-order valence-corrected chi connectivity index (χ3v) is 8.32. The number of aromatic nitrogens is 4. The zero-order valence-electron chi connectivity index (χ0n) is 24.5. The number of urea groups is 1. The predicted octanol–water partition coefficient (Wildman–Crippen LogP) is 4.86. The van der Waals surface area contributed by atoms with Crippen LogP contribution in [0.3, 0.4) is 0 Å². The maximum atomic E-state index is 14.6. The molecule has 3 heterocycles. The highest BCUT2D eigenvalue weighted by molar-refractivity contribution is 6.28. The lowest BCUT2D eigenvalue weighted by Gasteiger charge is -2.37. The summed E-state index contributed by atoms with van der Waals surface area (Å²) in [5.41, 5.74) is 4.82. The molecule has 1 saturated carbocycles. The summed E-state index contributed by atoms with van der Waals surface area (Å²) in [5.74, 6) is -0.855. The van der Waals surface area contributed by atoms with Gasteiger partial charge in [0, 0.05) is 11.3 Å². The Morgan fingerprint density at radius 2 is 1.70 bits per heavy atom. The molecule has 0 atom stereocenters. The summed E-state index contributed by atoms with van der Waals surface area (Å²) < 4.78 is 0. The Morgan fingerprint density at radius 1 is 0.977 bits per heavy atom. The molecule has 222 valence electrons. The molecule has 2 aliphatic heterocycles. The van der Waals surface area contributed by atoms with Gasteiger partial charge in [-0.2, -0.15) is 15.2 Å². The average Bonchev–Trinajstić information content (AvgIpc) is 3.66. The maximum absolute atomic E-state index is 14.6. The molecule has 1 aromatic heterocycles. The summed E-state index contributed by atoms with van der Waals surface area (Å²) in [5, 5.41) is 17.9. The lowest BCUT2D eigenvalue weighted by Crippen LogP contribution is -2.56. The number of carbonyl (C=O) groups excluding carboxylic acids is 4. The molecule has 0 radical (unpaired) electrons. The molecule has 12 heteroatoms. The number of carbonyl (C=O) groups is 4. The van der Waals surface area contributed by atoms with Gasteiger partial charge < -0.3 is 0 Å². The van der Waals surface area contributed by atoms with Gasteiger partial charge in [0.15, 0.2) is 0 Å². The van der Waals surface area contributed by atoms with E-state index in [1.54, 1.807) is 41.3 Å². The third-order valence-electron chi connectivity index (χ3n) is 8.32. The maximum Gasteiger partial charge on any atom is 0.348 e. The fraction of sp³-hybridized carbons (Fsp3) is 0.281. The molecule has 4 aromatic rings. The molecule has 3 bridgehead atoms. The van der Waals surface area contributed by atoms with E-state index in [9.17, 15) is 19.2 Å². The lowest BCUT2D eigenvalue weighted by atomic mass is 9.87. The number of hydrogen-bond donors (Lipinski definition) is 2. The van der Waals surface area contributed by atoms with Crippen LogP contribution in [0.25, 0.3) is 0 Å². The number of anilines is 3. The van der Waals surface area contributed by atoms with Gasteiger partial charge in [-0.15, -0.1) is 5.10 Å². The highest BCUT2D eigenvalue weighted by Gasteiger charge is 2.50. The zero-order chi connectivity index (χ0) is 30.7. The molecule has 1 fully saturated rings. The Kier molecular flexibility index (Phi) is 6.31. The average molecular weight is 591 g/mol. The van der Waals surface area contributed by atoms with Crippen molar-refractivity contribution in [2.75, 3.05) is 15.2 Å². The van der Waals surface area contributed by atoms with Crippen LogP contribution in [0.15, 0.2) is 60.7 Å². The molecule has 12 nitrogen and oxygen atoms in total. The van der Waals surface area contributed by atoms with Gasteiger partial charge in [-0.3, -0.25) is 24.6 Å². The van der Waals surface area contributed by atoms with Crippen LogP contribution in [0.1, 0.15) is 81.4 Å². The van der Waals surface area contributed by atoms with Crippen LogP contribution in [0.2, 0.25) is 0 Å². The smallest absolute Gasteiger partial charge is 0.288 e. The summed E-state index contributed by atoms with van der Waals surface area (Å²) in [6.45, 7) is 6.46. The number of amides is 5. The molecule has 3 aromatic carbocycles. The summed E-state index contributed by atoms with van der Waals surface area (Å²) in [6, 6.07) is 17.4. The van der Waals surface area contributed by atoms with Crippen molar-refractivity contribution in [3.63, 3.8) is 0 Å². The van der Waals surface area contributed by atoms with Crippen LogP contribution in [0, 0.1) is 5.92 Å². The molecule has 2 N–H and O–H groups in total. The van der Waals surface area contributed by atoms with Crippen molar-refractivity contribution in [1.82, 2.24) is 25.6 Å². The fourth-order valence-corrected chi connectivity index (χ4v) is 5.72. The van der Waals surface area contributed by atoms with Crippen molar-refractivity contribution in [3.05, 3.63) is 94.0 Å². The van der Waals surface area contributed by atoms with Crippen molar-refractivity contribution in [2.45, 2.75) is 52.0 Å². The van der Waals surface area contributed by atoms with Crippen LogP contribution in [-0.2, 0) is 18.4 Å². The Bertz CT molecular complexity index is 1810. The second-order valence-electron chi connectivity index (χ2n) is 12.4. The number of H-pyrrole nitrogens is 1. The minimum absolute atomic E-state index is 0.0548. The van der Waals surface area contributed by atoms with E-state index in [4.69, 9.17) is 0 Å². The second-order valence-corrected chi connectivity index (χ2v) is 12.4. The molecule has 0 spiro atoms. The van der Waals surface area contributed by atoms with Gasteiger partial charge >= 0.3 is 6.03 Å². The molecule has 3 aliphatic rings. The normalized spacial score (nSPS) is 15.2. The van der Waals surface area contributed by atoms with E-state index in [0.717, 1.165) is 34.5 Å². The van der Waals surface area contributed by atoms with Gasteiger partial charge in [-0.05, 0) is 88.9 Å². The van der Waals surface area contributed by atoms with Crippen LogP contribution in [0.4, 0.5) is 22.1 Å². The van der Waals surface area contributed by atoms with E-state index < -0.39 is 23.8 Å². The van der Waals surface area contributed by atoms with E-state index in [1.165, 1.54) is 5.01 Å². The van der Waals surface area contributed by atoms with Crippen molar-refractivity contribution < 1.29 is 19.2 Å². The number of aromatic amines is 1. The number of imide groups is 1. The molecular weight excluding hydrogens is 560 g/mol. The number of nitrogens with one attached hydrogen (secondary N) is 2. The van der Waals surface area contributed by atoms with Crippen LogP contribution in [-0.4, -0.2) is 49.4 Å². The first kappa shape index (κ1) is 27.4. The van der Waals surface area contributed by atoms with E-state index >= 15 is 0 Å². The van der Waals surface area contributed by atoms with Crippen LogP contribution in [0.5, 0.6) is 0 Å². The second kappa shape index (κ2) is 10.1. The van der Waals surface area contributed by atoms with Crippen molar-refractivity contribution >= 4 is 41.1 Å². The number of benzene rings is 3. The van der Waals surface area contributed by atoms with Gasteiger partial charge in [0.25, 0.3) is 23.7 Å². The standard InChI is InChI=1S/C32H30N8O4/c1-32(2,3)21-10-12-22(13-11-21)38(17-19-6-8-20(9-7-19)27(41)33-30-34-36-37-35-30)31(44)39-25-15-14-23-26(24(25)16-18-4-5-18)29(43)40(39)28(23)42/h6-15,18H,4-5,16-17H2,1-3H3,(H2,33,34,35,36,37,41). The topological polar surface area (TPSA) is 144 Å². The van der Waals surface area contributed by atoms with E-state index in [0.29, 0.717) is 40.4 Å². The minimum atomic E-state index is -0.524. The van der Waals surface area contributed by atoms with Crippen molar-refractivity contribution in [1.29, 1.82) is 0 Å². The Morgan fingerprint density at radius 3 is 2.34 bits per heavy atom. The highest BCUT2D eigenvalue weighted by atomic mass is 16.2. The number of rotatable bonds is 7. The predicted molar refractivity (Wildman–Crippen MR) is 161 cm³/mol. The van der Waals surface area contributed by atoms with Gasteiger partial charge in [0.05, 0.1) is 23.4 Å². The number of tetrazole rings is 1. The number of nitrogens with zero attached hydrogens (tertiary/aromatic N) is 6. The zero-order valence-corrected chi connectivity index (χ0v) is 24.5. The highest BCUT2D eigenvalue weighted by Crippen LogP contribution is 2.45. The summed E-state index contributed by atoms with van der Waals surface area (Å²) in [7, 11) is 0. The number of fused-ring (bicyclic) bond motifs is 2. The Labute approximate surface area is 253 Å². The number of hydrazine groups is 1. The summed E-state index contributed by atoms with van der Waals surface area (Å²) in [6.07, 6.45) is 2.79. The summed E-state index contributed by atoms with van der Waals surface area (Å²) in [4.78, 5) is 55.7. The fourth-order valence-electron chi connectivity index (χ4n) is 5.72. The first-order valence-electron chi connectivity index (χ1n) is 14.5. The van der Waals surface area contributed by atoms with Gasteiger partial charge in [0.2, 0.25) is 0 Å². The van der Waals surface area contributed by atoms with E-state index in [2.05, 4.69) is 46.7 Å². The van der Waals surface area contributed by atoms with Crippen molar-refractivity contribution in [3.8, 4) is 0 Å². The minimum Gasteiger partial charge on any atom is -0.288 e. The molecule has 7 rings (SSSR count). The molecule has 1 aliphatic carbocycles. The SMILES string of the molecule is CC(C)(C)c1ccc(N(Cc2ccc(C(=O)Nc3nn[nH]n3)cc2)C(=O)N2c3ccc4c(c3CC3CC3)C(=O)N2C4=O)cc1. The number of hydrogen-bond acceptors (Lipinski definition) is 7. The Hall–Kier alpha value is -5.39. The van der Waals surface area contributed by atoms with Crippen LogP contribution < -0.4 is 15.2 Å². The quantitative estimate of drug-likeness (QED) is 0.293. The third kappa shape index (κ3) is 4.68. The molecule has 0 unspecified atom stereocenters. The molecule has 0 saturated heterocycles. The molecule has 44 heavy (non-hydrogen) atoms. The largest absolute Gasteiger partial charge is 0.348 e. The molecule has 5 amide bonds. The summed E-state index contributed by atoms with van der Waals surface area (Å²) >= 11 is 0. The first-order chi connectivity index (χ1) is 21.1. The lowest BCUT2D eigenvalue weighted by molar-refractivity contribution is 0.0640. The van der Waals surface area contributed by atoms with Crippen molar-refractivity contribution in [2.24, 2.45) is 5.92 Å². The first-order valence-corrected chi connectivity index (χ1v) is 14.5. The molecular formula is C32H30N8O4. The van der Waals surface area contributed by atoms with Gasteiger partial charge in [0.1, 0.15) is 0 Å². The van der Waals surface area contributed by atoms with E-state index in [-0.39, 0.29) is 17.9 Å². The Balaban J connectivity index is 1.23. The van der Waals surface area contributed by atoms with Crippen LogP contribution >= 0.6 is 0 Å².